The van der Waals surface area contributed by atoms with Crippen LogP contribution in [0.1, 0.15) is 77.3 Å². The maximum Gasteiger partial charge on any atom is 0.194 e. The highest BCUT2D eigenvalue weighted by atomic mass is 32.1. The molecule has 0 amide bonds. The van der Waals surface area contributed by atoms with E-state index in [1.54, 1.807) is 11.3 Å². The number of rotatable bonds is 14. The molecule has 2 aromatic heterocycles. The molecule has 0 radical (unpaired) electrons. The molecule has 0 bridgehead atoms. The zero-order valence-corrected chi connectivity index (χ0v) is 19.4. The number of fused-ring (bicyclic) bond motifs is 1. The third kappa shape index (κ3) is 7.02. The van der Waals surface area contributed by atoms with Crippen molar-refractivity contribution in [2.24, 2.45) is 0 Å². The van der Waals surface area contributed by atoms with Crippen LogP contribution in [0.3, 0.4) is 0 Å². The molecule has 30 heavy (non-hydrogen) atoms. The number of hydrogen-bond donors (Lipinski definition) is 0. The molecule has 0 N–H and O–H groups in total. The van der Waals surface area contributed by atoms with Crippen LogP contribution in [0.5, 0.6) is 5.75 Å². The summed E-state index contributed by atoms with van der Waals surface area (Å²) in [5.74, 6) is 0.947. The maximum atomic E-state index is 5.88. The number of hydrogen-bond acceptors (Lipinski definition) is 3. The average molecular weight is 425 g/mol. The van der Waals surface area contributed by atoms with Gasteiger partial charge in [0, 0.05) is 12.4 Å². The fraction of sp³-hybridized carbons (Fsp3) is 0.500. The third-order valence-electron chi connectivity index (χ3n) is 5.29. The minimum absolute atomic E-state index is 0.768. The minimum Gasteiger partial charge on any atom is -0.494 e. The molecule has 0 unspecified atom stereocenters. The summed E-state index contributed by atoms with van der Waals surface area (Å²) in [6.45, 7) is 5.23. The molecular formula is C26H36N2OS. The molecule has 0 aliphatic heterocycles. The smallest absolute Gasteiger partial charge is 0.194 e. The van der Waals surface area contributed by atoms with Crippen LogP contribution in [0.25, 0.3) is 15.4 Å². The maximum absolute atomic E-state index is 5.88. The summed E-state index contributed by atoms with van der Waals surface area (Å²) in [5, 5.41) is 0. The Morgan fingerprint density at radius 2 is 1.70 bits per heavy atom. The quantitative estimate of drug-likeness (QED) is 0.193. The van der Waals surface area contributed by atoms with E-state index >= 15 is 0 Å². The standard InChI is InChI=1S/C26H36N2OS/c1-3-5-7-9-11-13-19-29-24-17-15-22(16-18-24)25-21-28-20-23(27-26(28)30-25)14-12-10-8-6-4-2/h7,9,15-18,20-21H,3-6,8,10-14,19H2,1-2H3. The van der Waals surface area contributed by atoms with Crippen molar-refractivity contribution in [3.63, 3.8) is 0 Å². The topological polar surface area (TPSA) is 26.5 Å². The van der Waals surface area contributed by atoms with Crippen LogP contribution in [0, 0.1) is 0 Å². The third-order valence-corrected chi connectivity index (χ3v) is 6.33. The first-order valence-electron chi connectivity index (χ1n) is 11.7. The zero-order valence-electron chi connectivity index (χ0n) is 18.6. The number of nitrogens with zero attached hydrogens (tertiary/aromatic N) is 2. The van der Waals surface area contributed by atoms with Gasteiger partial charge in [-0.15, -0.1) is 0 Å². The van der Waals surface area contributed by atoms with Crippen LogP contribution in [0.15, 0.2) is 48.8 Å². The summed E-state index contributed by atoms with van der Waals surface area (Å²) in [6.07, 6.45) is 21.1. The second kappa shape index (κ2) is 12.6. The Bertz CT molecular complexity index is 860. The SMILES string of the molecule is CCCC=CCCCOc1ccc(-c2cn3cc(CCCCCCC)nc3s2)cc1. The summed E-state index contributed by atoms with van der Waals surface area (Å²) in [4.78, 5) is 7.16. The monoisotopic (exact) mass is 424 g/mol. The van der Waals surface area contributed by atoms with E-state index in [2.05, 4.69) is 67.1 Å². The van der Waals surface area contributed by atoms with E-state index in [1.165, 1.54) is 61.1 Å². The Kier molecular flexibility index (Phi) is 9.49. The number of benzene rings is 1. The molecule has 3 rings (SSSR count). The summed E-state index contributed by atoms with van der Waals surface area (Å²) < 4.78 is 8.06. The van der Waals surface area contributed by atoms with Gasteiger partial charge in [-0.2, -0.15) is 0 Å². The molecule has 0 aliphatic rings. The first-order chi connectivity index (χ1) is 14.8. The predicted molar refractivity (Wildman–Crippen MR) is 130 cm³/mol. The Labute approximate surface area is 185 Å². The fourth-order valence-corrected chi connectivity index (χ4v) is 4.51. The van der Waals surface area contributed by atoms with Crippen LogP contribution in [0.2, 0.25) is 0 Å². The predicted octanol–water partition coefficient (Wildman–Crippen LogP) is 8.09. The first kappa shape index (κ1) is 22.6. The number of aromatic nitrogens is 2. The number of thiazole rings is 1. The van der Waals surface area contributed by atoms with Crippen molar-refractivity contribution < 1.29 is 4.74 Å². The molecule has 3 aromatic rings. The van der Waals surface area contributed by atoms with Gasteiger partial charge in [-0.1, -0.05) is 69.4 Å². The van der Waals surface area contributed by atoms with Crippen LogP contribution in [0.4, 0.5) is 0 Å². The van der Waals surface area contributed by atoms with Crippen molar-refractivity contribution in [3.8, 4) is 16.2 Å². The van der Waals surface area contributed by atoms with E-state index < -0.39 is 0 Å². The molecule has 0 fully saturated rings. The highest BCUT2D eigenvalue weighted by Gasteiger charge is 2.08. The second-order valence-corrected chi connectivity index (χ2v) is 8.97. The van der Waals surface area contributed by atoms with E-state index in [1.807, 2.05) is 0 Å². The summed E-state index contributed by atoms with van der Waals surface area (Å²) in [5.41, 5.74) is 2.44. The molecule has 0 spiro atoms. The fourth-order valence-electron chi connectivity index (χ4n) is 3.52. The van der Waals surface area contributed by atoms with Crippen molar-refractivity contribution in [1.29, 1.82) is 0 Å². The number of allylic oxidation sites excluding steroid dienone is 2. The molecular weight excluding hydrogens is 388 g/mol. The second-order valence-electron chi connectivity index (χ2n) is 7.96. The van der Waals surface area contributed by atoms with Crippen molar-refractivity contribution in [2.45, 2.75) is 78.1 Å². The number of imidazole rings is 1. The molecule has 0 atom stereocenters. The Morgan fingerprint density at radius 1 is 0.900 bits per heavy atom. The van der Waals surface area contributed by atoms with Crippen LogP contribution < -0.4 is 4.74 Å². The van der Waals surface area contributed by atoms with Crippen molar-refractivity contribution in [3.05, 3.63) is 54.5 Å². The van der Waals surface area contributed by atoms with E-state index in [4.69, 9.17) is 9.72 Å². The van der Waals surface area contributed by atoms with Crippen LogP contribution >= 0.6 is 11.3 Å². The lowest BCUT2D eigenvalue weighted by Crippen LogP contribution is -1.96. The lowest BCUT2D eigenvalue weighted by atomic mass is 10.1. The van der Waals surface area contributed by atoms with Crippen LogP contribution in [-0.4, -0.2) is 16.0 Å². The largest absolute Gasteiger partial charge is 0.494 e. The summed E-state index contributed by atoms with van der Waals surface area (Å²) >= 11 is 1.76. The highest BCUT2D eigenvalue weighted by molar-refractivity contribution is 7.20. The molecule has 2 heterocycles. The summed E-state index contributed by atoms with van der Waals surface area (Å²) in [7, 11) is 0. The Hall–Kier alpha value is -2.07. The molecule has 0 saturated heterocycles. The van der Waals surface area contributed by atoms with Gasteiger partial charge in [-0.05, 0) is 61.9 Å². The molecule has 162 valence electrons. The number of unbranched alkanes of at least 4 members (excludes halogenated alkanes) is 6. The zero-order chi connectivity index (χ0) is 21.0. The number of aryl methyl sites for hydroxylation is 1. The first-order valence-corrected chi connectivity index (χ1v) is 12.5. The number of ether oxygens (including phenoxy) is 1. The van der Waals surface area contributed by atoms with Gasteiger partial charge >= 0.3 is 0 Å². The molecule has 4 heteroatoms. The van der Waals surface area contributed by atoms with Gasteiger partial charge < -0.3 is 4.74 Å². The Morgan fingerprint density at radius 3 is 2.47 bits per heavy atom. The molecule has 1 aromatic carbocycles. The molecule has 3 nitrogen and oxygen atoms in total. The van der Waals surface area contributed by atoms with E-state index in [0.29, 0.717) is 0 Å². The van der Waals surface area contributed by atoms with Crippen molar-refractivity contribution in [2.75, 3.05) is 6.61 Å². The van der Waals surface area contributed by atoms with Gasteiger partial charge in [0.05, 0.1) is 17.2 Å². The average Bonchev–Trinajstić information content (AvgIpc) is 3.32. The van der Waals surface area contributed by atoms with Crippen molar-refractivity contribution in [1.82, 2.24) is 9.38 Å². The van der Waals surface area contributed by atoms with Gasteiger partial charge in [-0.25, -0.2) is 4.98 Å². The van der Waals surface area contributed by atoms with Gasteiger partial charge in [-0.3, -0.25) is 4.40 Å². The normalized spacial score (nSPS) is 11.7. The van der Waals surface area contributed by atoms with Gasteiger partial charge in [0.25, 0.3) is 0 Å². The lowest BCUT2D eigenvalue weighted by molar-refractivity contribution is 0.312. The van der Waals surface area contributed by atoms with E-state index in [-0.39, 0.29) is 0 Å². The van der Waals surface area contributed by atoms with Gasteiger partial charge in [0.15, 0.2) is 4.96 Å². The minimum atomic E-state index is 0.768. The van der Waals surface area contributed by atoms with E-state index in [9.17, 15) is 0 Å². The molecule has 0 saturated carbocycles. The summed E-state index contributed by atoms with van der Waals surface area (Å²) in [6, 6.07) is 8.45. The lowest BCUT2D eigenvalue weighted by Gasteiger charge is -2.05. The van der Waals surface area contributed by atoms with E-state index in [0.717, 1.165) is 36.6 Å². The molecule has 0 aliphatic carbocycles. The van der Waals surface area contributed by atoms with Crippen molar-refractivity contribution >= 4 is 16.3 Å². The van der Waals surface area contributed by atoms with Gasteiger partial charge in [0.1, 0.15) is 5.75 Å². The van der Waals surface area contributed by atoms with Crippen LogP contribution in [-0.2, 0) is 6.42 Å². The Balaban J connectivity index is 1.46. The van der Waals surface area contributed by atoms with Gasteiger partial charge in [0.2, 0.25) is 0 Å². The highest BCUT2D eigenvalue weighted by Crippen LogP contribution is 2.30.